The number of nitrogens with zero attached hydrogens (tertiary/aromatic N) is 1. The van der Waals surface area contributed by atoms with E-state index in [1.165, 1.54) is 6.07 Å². The van der Waals surface area contributed by atoms with E-state index < -0.39 is 29.1 Å². The van der Waals surface area contributed by atoms with Crippen LogP contribution < -0.4 is 5.32 Å². The summed E-state index contributed by atoms with van der Waals surface area (Å²) >= 11 is 0. The molecule has 1 heterocycles. The number of rotatable bonds is 3. The zero-order chi connectivity index (χ0) is 14.0. The van der Waals surface area contributed by atoms with E-state index in [9.17, 15) is 18.4 Å². The van der Waals surface area contributed by atoms with E-state index in [-0.39, 0.29) is 11.5 Å². The van der Waals surface area contributed by atoms with Gasteiger partial charge in [0, 0.05) is 6.07 Å². The number of carboxylic acids is 1. The van der Waals surface area contributed by atoms with Crippen molar-refractivity contribution in [1.82, 2.24) is 10.2 Å². The lowest BCUT2D eigenvalue weighted by molar-refractivity contribution is 0.0690. The fraction of sp³-hybridized carbons (Fsp3) is 0. The highest BCUT2D eigenvalue weighted by Gasteiger charge is 2.16. The van der Waals surface area contributed by atoms with E-state index in [1.807, 2.05) is 0 Å². The first-order valence-corrected chi connectivity index (χ1v) is 5.03. The second-order valence-electron chi connectivity index (χ2n) is 3.53. The lowest BCUT2D eigenvalue weighted by Gasteiger charge is -2.03. The number of carbonyl (C=O) groups excluding carboxylic acids is 1. The molecular weight excluding hydrogens is 260 g/mol. The van der Waals surface area contributed by atoms with Crippen LogP contribution in [-0.2, 0) is 0 Å². The minimum atomic E-state index is -1.28. The second kappa shape index (κ2) is 4.84. The van der Waals surface area contributed by atoms with Crippen LogP contribution in [0.15, 0.2) is 24.3 Å². The Kier molecular flexibility index (Phi) is 3.23. The number of benzene rings is 1. The van der Waals surface area contributed by atoms with Crippen LogP contribution in [0.5, 0.6) is 0 Å². The summed E-state index contributed by atoms with van der Waals surface area (Å²) < 4.78 is 26.3. The first-order chi connectivity index (χ1) is 8.99. The number of aromatic nitrogens is 2. The van der Waals surface area contributed by atoms with Crippen LogP contribution in [0.4, 0.5) is 14.6 Å². The molecule has 19 heavy (non-hydrogen) atoms. The molecule has 2 rings (SSSR count). The lowest BCUT2D eigenvalue weighted by atomic mass is 10.2. The number of amides is 1. The number of hydrogen-bond donors (Lipinski definition) is 3. The van der Waals surface area contributed by atoms with Gasteiger partial charge < -0.3 is 10.4 Å². The van der Waals surface area contributed by atoms with Crippen LogP contribution in [0.1, 0.15) is 20.8 Å². The molecule has 0 atom stereocenters. The van der Waals surface area contributed by atoms with E-state index in [0.717, 1.165) is 18.2 Å². The van der Waals surface area contributed by atoms with Gasteiger partial charge in [0.25, 0.3) is 5.91 Å². The topological polar surface area (TPSA) is 95.1 Å². The van der Waals surface area contributed by atoms with Crippen LogP contribution in [-0.4, -0.2) is 27.2 Å². The van der Waals surface area contributed by atoms with Gasteiger partial charge in [-0.05, 0) is 12.1 Å². The predicted molar refractivity (Wildman–Crippen MR) is 59.9 cm³/mol. The number of carbonyl (C=O) groups is 2. The van der Waals surface area contributed by atoms with Gasteiger partial charge in [-0.3, -0.25) is 9.89 Å². The Morgan fingerprint density at radius 3 is 2.68 bits per heavy atom. The summed E-state index contributed by atoms with van der Waals surface area (Å²) in [5.74, 6) is -4.73. The Balaban J connectivity index is 2.21. The van der Waals surface area contributed by atoms with Crippen molar-refractivity contribution < 1.29 is 23.5 Å². The molecule has 0 aliphatic rings. The summed E-state index contributed by atoms with van der Waals surface area (Å²) in [4.78, 5) is 22.2. The van der Waals surface area contributed by atoms with Crippen LogP contribution in [0.25, 0.3) is 0 Å². The maximum atomic E-state index is 13.3. The summed E-state index contributed by atoms with van der Waals surface area (Å²) in [6.07, 6.45) is 0. The predicted octanol–water partition coefficient (Wildman–Crippen LogP) is 1.64. The fourth-order valence-corrected chi connectivity index (χ4v) is 1.36. The summed E-state index contributed by atoms with van der Waals surface area (Å²) in [5.41, 5.74) is -0.741. The third-order valence-electron chi connectivity index (χ3n) is 2.25. The van der Waals surface area contributed by atoms with Crippen molar-refractivity contribution >= 4 is 17.7 Å². The number of nitrogens with one attached hydrogen (secondary N) is 2. The quantitative estimate of drug-likeness (QED) is 0.787. The molecule has 1 aromatic carbocycles. The smallest absolute Gasteiger partial charge is 0.353 e. The number of anilines is 1. The molecule has 0 radical (unpaired) electrons. The molecule has 1 amide bonds. The highest BCUT2D eigenvalue weighted by Crippen LogP contribution is 2.13. The van der Waals surface area contributed by atoms with Crippen molar-refractivity contribution in [3.8, 4) is 0 Å². The van der Waals surface area contributed by atoms with Crippen LogP contribution in [0.3, 0.4) is 0 Å². The van der Waals surface area contributed by atoms with E-state index in [1.54, 1.807) is 0 Å². The summed E-state index contributed by atoms with van der Waals surface area (Å²) in [6, 6.07) is 4.21. The van der Waals surface area contributed by atoms with E-state index in [2.05, 4.69) is 15.5 Å². The normalized spacial score (nSPS) is 10.2. The van der Waals surface area contributed by atoms with Crippen molar-refractivity contribution in [1.29, 1.82) is 0 Å². The number of halogens is 2. The molecule has 98 valence electrons. The van der Waals surface area contributed by atoms with Crippen molar-refractivity contribution in [2.45, 2.75) is 0 Å². The van der Waals surface area contributed by atoms with Gasteiger partial charge in [-0.15, -0.1) is 0 Å². The molecule has 2 aromatic rings. The number of carboxylic acid groups (broad SMARTS) is 1. The van der Waals surface area contributed by atoms with E-state index in [0.29, 0.717) is 0 Å². The summed E-state index contributed by atoms with van der Waals surface area (Å²) in [5, 5.41) is 16.4. The number of H-pyrrole nitrogens is 1. The first kappa shape index (κ1) is 12.7. The SMILES string of the molecule is O=C(O)c1cc(NC(=O)c2cccc(F)c2F)n[nH]1. The number of hydrogen-bond acceptors (Lipinski definition) is 3. The minimum absolute atomic E-state index is 0.105. The maximum Gasteiger partial charge on any atom is 0.353 e. The Bertz CT molecular complexity index is 654. The molecule has 0 aliphatic carbocycles. The molecule has 8 heteroatoms. The molecule has 0 saturated carbocycles. The first-order valence-electron chi connectivity index (χ1n) is 5.03. The van der Waals surface area contributed by atoms with Crippen molar-refractivity contribution in [2.24, 2.45) is 0 Å². The zero-order valence-corrected chi connectivity index (χ0v) is 9.28. The largest absolute Gasteiger partial charge is 0.477 e. The molecular formula is C11H7F2N3O3. The molecule has 3 N–H and O–H groups in total. The van der Waals surface area contributed by atoms with Gasteiger partial charge in [0.2, 0.25) is 0 Å². The zero-order valence-electron chi connectivity index (χ0n) is 9.28. The van der Waals surface area contributed by atoms with Gasteiger partial charge in [0.05, 0.1) is 5.56 Å². The average molecular weight is 267 g/mol. The molecule has 0 unspecified atom stereocenters. The average Bonchev–Trinajstić information content (AvgIpc) is 2.81. The highest BCUT2D eigenvalue weighted by molar-refractivity contribution is 6.04. The monoisotopic (exact) mass is 267 g/mol. The fourth-order valence-electron chi connectivity index (χ4n) is 1.36. The molecule has 0 saturated heterocycles. The molecule has 0 aliphatic heterocycles. The van der Waals surface area contributed by atoms with Crippen LogP contribution >= 0.6 is 0 Å². The van der Waals surface area contributed by atoms with Gasteiger partial charge in [-0.1, -0.05) is 6.07 Å². The Morgan fingerprint density at radius 1 is 1.32 bits per heavy atom. The Hall–Kier alpha value is -2.77. The standard InChI is InChI=1S/C11H7F2N3O3/c12-6-3-1-2-5(9(6)13)10(17)14-8-4-7(11(18)19)15-16-8/h1-4H,(H,18,19)(H2,14,15,16,17). The number of aromatic carboxylic acids is 1. The molecule has 1 aromatic heterocycles. The molecule has 6 nitrogen and oxygen atoms in total. The van der Waals surface area contributed by atoms with Gasteiger partial charge in [-0.25, -0.2) is 13.6 Å². The second-order valence-corrected chi connectivity index (χ2v) is 3.53. The van der Waals surface area contributed by atoms with Gasteiger partial charge in [-0.2, -0.15) is 5.10 Å². The van der Waals surface area contributed by atoms with Gasteiger partial charge in [0.15, 0.2) is 17.5 Å². The summed E-state index contributed by atoms with van der Waals surface area (Å²) in [7, 11) is 0. The lowest BCUT2D eigenvalue weighted by Crippen LogP contribution is -2.14. The van der Waals surface area contributed by atoms with E-state index >= 15 is 0 Å². The third kappa shape index (κ3) is 2.57. The van der Waals surface area contributed by atoms with Crippen molar-refractivity contribution in [2.75, 3.05) is 5.32 Å². The van der Waals surface area contributed by atoms with Crippen LogP contribution in [0.2, 0.25) is 0 Å². The third-order valence-corrected chi connectivity index (χ3v) is 2.25. The van der Waals surface area contributed by atoms with Gasteiger partial charge >= 0.3 is 5.97 Å². The molecule has 0 fully saturated rings. The molecule has 0 bridgehead atoms. The molecule has 0 spiro atoms. The minimum Gasteiger partial charge on any atom is -0.477 e. The Labute approximate surface area is 105 Å². The highest BCUT2D eigenvalue weighted by atomic mass is 19.2. The Morgan fingerprint density at radius 2 is 2.05 bits per heavy atom. The van der Waals surface area contributed by atoms with Crippen molar-refractivity contribution in [3.63, 3.8) is 0 Å². The van der Waals surface area contributed by atoms with Gasteiger partial charge in [0.1, 0.15) is 5.69 Å². The maximum absolute atomic E-state index is 13.3. The van der Waals surface area contributed by atoms with Crippen molar-refractivity contribution in [3.05, 3.63) is 47.2 Å². The van der Waals surface area contributed by atoms with E-state index in [4.69, 9.17) is 5.11 Å². The van der Waals surface area contributed by atoms with Crippen LogP contribution in [0, 0.1) is 11.6 Å². The number of aromatic amines is 1. The summed E-state index contributed by atoms with van der Waals surface area (Å²) in [6.45, 7) is 0.